The number of hydrogen-bond acceptors (Lipinski definition) is 3. The van der Waals surface area contributed by atoms with Gasteiger partial charge in [-0.05, 0) is 18.2 Å². The van der Waals surface area contributed by atoms with Gasteiger partial charge in [-0.3, -0.25) is 5.84 Å². The van der Waals surface area contributed by atoms with E-state index >= 15 is 0 Å². The Balaban J connectivity index is 3.07. The van der Waals surface area contributed by atoms with Crippen LogP contribution in [0.1, 0.15) is 17.5 Å². The molecule has 1 rings (SSSR count). The molecule has 0 saturated heterocycles. The lowest BCUT2D eigenvalue weighted by Crippen LogP contribution is -2.11. The number of hydrazine groups is 1. The largest absolute Gasteiger partial charge is 0.416 e. The van der Waals surface area contributed by atoms with Crippen LogP contribution in [0.5, 0.6) is 0 Å². The Labute approximate surface area is 103 Å². The summed E-state index contributed by atoms with van der Waals surface area (Å²) >= 11 is 3.98. The molecule has 92 valence electrons. The van der Waals surface area contributed by atoms with Gasteiger partial charge in [0.15, 0.2) is 0 Å². The third kappa shape index (κ3) is 3.88. The minimum Gasteiger partial charge on any atom is -0.323 e. The van der Waals surface area contributed by atoms with E-state index in [9.17, 15) is 13.2 Å². The second-order valence-corrected chi connectivity index (χ2v) is 3.63. The zero-order valence-electron chi connectivity index (χ0n) is 8.80. The normalized spacial score (nSPS) is 10.6. The molecule has 0 bridgehead atoms. The van der Waals surface area contributed by atoms with E-state index in [-0.39, 0.29) is 5.69 Å². The van der Waals surface area contributed by atoms with Gasteiger partial charge in [-0.2, -0.15) is 25.8 Å². The van der Waals surface area contributed by atoms with Crippen LogP contribution in [-0.2, 0) is 6.18 Å². The molecule has 0 spiro atoms. The van der Waals surface area contributed by atoms with Gasteiger partial charge in [0.25, 0.3) is 0 Å². The maximum Gasteiger partial charge on any atom is 0.416 e. The average Bonchev–Trinajstić information content (AvgIpc) is 2.28. The Morgan fingerprint density at radius 2 is 2.06 bits per heavy atom. The van der Waals surface area contributed by atoms with Crippen LogP contribution in [0, 0.1) is 11.8 Å². The van der Waals surface area contributed by atoms with Crippen molar-refractivity contribution < 1.29 is 13.2 Å². The van der Waals surface area contributed by atoms with Crippen LogP contribution < -0.4 is 11.3 Å². The van der Waals surface area contributed by atoms with Gasteiger partial charge in [-0.25, -0.2) is 0 Å². The molecule has 0 radical (unpaired) electrons. The molecule has 0 saturated carbocycles. The summed E-state index contributed by atoms with van der Waals surface area (Å²) < 4.78 is 37.3. The number of alkyl halides is 3. The van der Waals surface area contributed by atoms with Crippen molar-refractivity contribution in [2.75, 3.05) is 11.2 Å². The molecule has 0 heterocycles. The second-order valence-electron chi connectivity index (χ2n) is 3.18. The van der Waals surface area contributed by atoms with Crippen molar-refractivity contribution in [3.8, 4) is 11.8 Å². The van der Waals surface area contributed by atoms with Gasteiger partial charge in [0.2, 0.25) is 0 Å². The molecule has 1 aromatic rings. The van der Waals surface area contributed by atoms with Gasteiger partial charge in [0.05, 0.1) is 11.3 Å². The molecule has 0 amide bonds. The van der Waals surface area contributed by atoms with Crippen LogP contribution in [0.2, 0.25) is 0 Å². The monoisotopic (exact) mass is 260 g/mol. The molecule has 0 atom stereocenters. The second kappa shape index (κ2) is 5.84. The molecule has 17 heavy (non-hydrogen) atoms. The predicted molar refractivity (Wildman–Crippen MR) is 64.6 cm³/mol. The summed E-state index contributed by atoms with van der Waals surface area (Å²) in [5.41, 5.74) is 2.05. The first kappa shape index (κ1) is 13.7. The van der Waals surface area contributed by atoms with Crippen LogP contribution >= 0.6 is 12.6 Å². The number of thiol groups is 1. The number of nitrogen functional groups attached to an aromatic ring is 1. The fraction of sp³-hybridized carbons (Fsp3) is 0.273. The third-order valence-corrected chi connectivity index (χ3v) is 2.19. The number of nitrogens with one attached hydrogen (secondary N) is 1. The summed E-state index contributed by atoms with van der Waals surface area (Å²) in [4.78, 5) is 0. The minimum atomic E-state index is -4.39. The van der Waals surface area contributed by atoms with E-state index < -0.39 is 11.7 Å². The van der Waals surface area contributed by atoms with Crippen molar-refractivity contribution in [3.05, 3.63) is 29.3 Å². The van der Waals surface area contributed by atoms with Crippen LogP contribution in [0.25, 0.3) is 0 Å². The number of halogens is 3. The smallest absolute Gasteiger partial charge is 0.323 e. The molecular formula is C11H11F3N2S. The van der Waals surface area contributed by atoms with E-state index in [1.54, 1.807) is 0 Å². The first-order chi connectivity index (χ1) is 7.99. The lowest BCUT2D eigenvalue weighted by molar-refractivity contribution is -0.137. The van der Waals surface area contributed by atoms with Crippen LogP contribution in [0.3, 0.4) is 0 Å². The fourth-order valence-corrected chi connectivity index (χ4v) is 1.27. The van der Waals surface area contributed by atoms with Gasteiger partial charge < -0.3 is 5.43 Å². The van der Waals surface area contributed by atoms with Crippen LogP contribution in [-0.4, -0.2) is 5.75 Å². The zero-order valence-corrected chi connectivity index (χ0v) is 9.70. The zero-order chi connectivity index (χ0) is 12.9. The highest BCUT2D eigenvalue weighted by molar-refractivity contribution is 7.80. The van der Waals surface area contributed by atoms with E-state index in [0.717, 1.165) is 12.1 Å². The van der Waals surface area contributed by atoms with Gasteiger partial charge >= 0.3 is 6.18 Å². The summed E-state index contributed by atoms with van der Waals surface area (Å²) in [5, 5.41) is 0. The van der Waals surface area contributed by atoms with Gasteiger partial charge in [0.1, 0.15) is 0 Å². The van der Waals surface area contributed by atoms with Crippen molar-refractivity contribution in [1.82, 2.24) is 0 Å². The van der Waals surface area contributed by atoms with Crippen molar-refractivity contribution in [3.63, 3.8) is 0 Å². The van der Waals surface area contributed by atoms with E-state index in [1.165, 1.54) is 6.07 Å². The van der Waals surface area contributed by atoms with E-state index in [2.05, 4.69) is 29.9 Å². The Morgan fingerprint density at radius 3 is 2.59 bits per heavy atom. The predicted octanol–water partition coefficient (Wildman–Crippen LogP) is 2.66. The summed E-state index contributed by atoms with van der Waals surface area (Å²) in [6.45, 7) is 0. The highest BCUT2D eigenvalue weighted by Gasteiger charge is 2.30. The number of nitrogens with two attached hydrogens (primary N) is 1. The quantitative estimate of drug-likeness (QED) is 0.331. The summed E-state index contributed by atoms with van der Waals surface area (Å²) in [6.07, 6.45) is -3.82. The Hall–Kier alpha value is -1.32. The SMILES string of the molecule is NNc1cc(C(F)(F)F)ccc1C#CCCS. The topological polar surface area (TPSA) is 38.0 Å². The highest BCUT2D eigenvalue weighted by atomic mass is 32.1. The maximum atomic E-state index is 12.4. The number of rotatable bonds is 2. The maximum absolute atomic E-state index is 12.4. The van der Waals surface area contributed by atoms with Crippen molar-refractivity contribution in [1.29, 1.82) is 0 Å². The van der Waals surface area contributed by atoms with Gasteiger partial charge in [-0.1, -0.05) is 11.8 Å². The molecule has 0 aliphatic heterocycles. The standard InChI is InChI=1S/C11H11F3N2S/c12-11(13,14)9-5-4-8(3-1-2-6-17)10(7-9)16-15/h4-5,7,16-17H,2,6,15H2. The molecular weight excluding hydrogens is 249 g/mol. The van der Waals surface area contributed by atoms with Gasteiger partial charge in [-0.15, -0.1) is 0 Å². The molecule has 1 aromatic carbocycles. The molecule has 0 fully saturated rings. The number of hydrogen-bond donors (Lipinski definition) is 3. The van der Waals surface area contributed by atoms with E-state index in [1.807, 2.05) is 0 Å². The Bertz CT molecular complexity index is 446. The van der Waals surface area contributed by atoms with Crippen molar-refractivity contribution in [2.24, 2.45) is 5.84 Å². The average molecular weight is 260 g/mol. The van der Waals surface area contributed by atoms with Crippen molar-refractivity contribution >= 4 is 18.3 Å². The Morgan fingerprint density at radius 1 is 1.35 bits per heavy atom. The first-order valence-electron chi connectivity index (χ1n) is 4.76. The van der Waals surface area contributed by atoms with E-state index in [4.69, 9.17) is 5.84 Å². The van der Waals surface area contributed by atoms with Gasteiger partial charge in [0, 0.05) is 17.7 Å². The molecule has 6 heteroatoms. The summed E-state index contributed by atoms with van der Waals surface area (Å²) in [5.74, 6) is 11.3. The molecule has 3 N–H and O–H groups in total. The third-order valence-electron chi connectivity index (χ3n) is 1.96. The molecule has 0 unspecified atom stereocenters. The van der Waals surface area contributed by atoms with Crippen LogP contribution in [0.4, 0.5) is 18.9 Å². The lowest BCUT2D eigenvalue weighted by atomic mass is 10.1. The van der Waals surface area contributed by atoms with E-state index in [0.29, 0.717) is 17.7 Å². The highest BCUT2D eigenvalue weighted by Crippen LogP contribution is 2.31. The fourth-order valence-electron chi connectivity index (χ4n) is 1.16. The van der Waals surface area contributed by atoms with Crippen LogP contribution in [0.15, 0.2) is 18.2 Å². The molecule has 0 aromatic heterocycles. The molecule has 0 aliphatic carbocycles. The molecule has 0 aliphatic rings. The molecule has 2 nitrogen and oxygen atoms in total. The minimum absolute atomic E-state index is 0.159. The summed E-state index contributed by atoms with van der Waals surface area (Å²) in [6, 6.07) is 3.21. The first-order valence-corrected chi connectivity index (χ1v) is 5.40. The Kier molecular flexibility index (Phi) is 4.73. The number of anilines is 1. The summed E-state index contributed by atoms with van der Waals surface area (Å²) in [7, 11) is 0. The van der Waals surface area contributed by atoms with Crippen molar-refractivity contribution in [2.45, 2.75) is 12.6 Å². The lowest BCUT2D eigenvalue weighted by Gasteiger charge is -2.10. The number of benzene rings is 1.